The smallest absolute Gasteiger partial charge is 0.261 e. The van der Waals surface area contributed by atoms with Crippen molar-refractivity contribution in [2.75, 3.05) is 19.0 Å². The van der Waals surface area contributed by atoms with Crippen LogP contribution in [0.1, 0.15) is 65.2 Å². The van der Waals surface area contributed by atoms with Crippen molar-refractivity contribution in [3.63, 3.8) is 0 Å². The molecule has 0 aromatic heterocycles. The van der Waals surface area contributed by atoms with Gasteiger partial charge >= 0.3 is 10.4 Å². The molecule has 0 aliphatic carbocycles. The Morgan fingerprint density at radius 1 is 0.947 bits per heavy atom. The molecule has 1 atom stereocenters. The van der Waals surface area contributed by atoms with Crippen molar-refractivity contribution >= 4 is 17.9 Å². The van der Waals surface area contributed by atoms with E-state index in [2.05, 4.69) is 6.92 Å². The van der Waals surface area contributed by atoms with Crippen molar-refractivity contribution in [3.05, 3.63) is 0 Å². The zero-order valence-electron chi connectivity index (χ0n) is 12.6. The highest BCUT2D eigenvalue weighted by Gasteiger charge is 2.36. The van der Waals surface area contributed by atoms with E-state index >= 15 is 0 Å². The summed E-state index contributed by atoms with van der Waals surface area (Å²) in [6.07, 6.45) is 11.3. The second-order valence-electron chi connectivity index (χ2n) is 5.31. The van der Waals surface area contributed by atoms with Gasteiger partial charge in [0.15, 0.2) is 7.49 Å². The van der Waals surface area contributed by atoms with Crippen molar-refractivity contribution in [2.45, 2.75) is 65.2 Å². The average molecular weight is 313 g/mol. The molecule has 1 unspecified atom stereocenters. The Labute approximate surface area is 119 Å². The highest BCUT2D eigenvalue weighted by molar-refractivity contribution is 7.89. The van der Waals surface area contributed by atoms with Crippen LogP contribution in [0.15, 0.2) is 0 Å². The fraction of sp³-hybridized carbons (Fsp3) is 1.00. The molecule has 6 heteroatoms. The van der Waals surface area contributed by atoms with E-state index in [0.29, 0.717) is 6.16 Å². The van der Waals surface area contributed by atoms with Gasteiger partial charge in [-0.3, -0.25) is 4.55 Å². The summed E-state index contributed by atoms with van der Waals surface area (Å²) in [5.74, 6) is 0. The Morgan fingerprint density at radius 3 is 1.84 bits per heavy atom. The summed E-state index contributed by atoms with van der Waals surface area (Å²) in [5.41, 5.74) is 0. The molecule has 0 rings (SSSR count). The molecule has 116 valence electrons. The van der Waals surface area contributed by atoms with Crippen LogP contribution in [0.5, 0.6) is 0 Å². The molecular weight excluding hydrogens is 283 g/mol. The predicted octanol–water partition coefficient (Wildman–Crippen LogP) is 4.53. The molecule has 0 aliphatic rings. The Kier molecular flexibility index (Phi) is 10.2. The molecule has 0 bridgehead atoms. The third kappa shape index (κ3) is 11.8. The Morgan fingerprint density at radius 2 is 1.42 bits per heavy atom. The van der Waals surface area contributed by atoms with Gasteiger partial charge in [0.25, 0.3) is 0 Å². The van der Waals surface area contributed by atoms with Crippen LogP contribution in [0.4, 0.5) is 0 Å². The largest absolute Gasteiger partial charge is 0.429 e. The molecule has 0 aromatic carbocycles. The van der Waals surface area contributed by atoms with Gasteiger partial charge in [-0.25, -0.2) is 0 Å². The molecule has 0 spiro atoms. The SMILES string of the molecule is CCCCCCCCCC[P+](C)(CC)OS(=O)(=O)O. The van der Waals surface area contributed by atoms with Gasteiger partial charge in [0.1, 0.15) is 0 Å². The van der Waals surface area contributed by atoms with Gasteiger partial charge in [-0.1, -0.05) is 49.4 Å². The number of hydrogen-bond acceptors (Lipinski definition) is 3. The average Bonchev–Trinajstić information content (AvgIpc) is 2.30. The van der Waals surface area contributed by atoms with E-state index < -0.39 is 17.9 Å². The fourth-order valence-electron chi connectivity index (χ4n) is 2.06. The van der Waals surface area contributed by atoms with Crippen LogP contribution in [0, 0.1) is 0 Å². The van der Waals surface area contributed by atoms with Crippen molar-refractivity contribution < 1.29 is 16.9 Å². The van der Waals surface area contributed by atoms with E-state index in [9.17, 15) is 8.42 Å². The molecule has 0 aliphatic heterocycles. The molecule has 0 fully saturated rings. The number of unbranched alkanes of at least 4 members (excludes halogenated alkanes) is 7. The van der Waals surface area contributed by atoms with E-state index in [-0.39, 0.29) is 0 Å². The summed E-state index contributed by atoms with van der Waals surface area (Å²) >= 11 is 0. The van der Waals surface area contributed by atoms with Gasteiger partial charge in [-0.05, 0) is 19.8 Å². The molecule has 0 saturated carbocycles. The van der Waals surface area contributed by atoms with Gasteiger partial charge in [0.05, 0.1) is 19.0 Å². The van der Waals surface area contributed by atoms with E-state index in [1.54, 1.807) is 0 Å². The first kappa shape index (κ1) is 19.3. The number of hydrogen-bond donors (Lipinski definition) is 1. The Bertz CT molecular complexity index is 319. The van der Waals surface area contributed by atoms with E-state index in [4.69, 9.17) is 8.52 Å². The monoisotopic (exact) mass is 313 g/mol. The maximum Gasteiger partial charge on any atom is 0.429 e. The van der Waals surface area contributed by atoms with Crippen molar-refractivity contribution in [1.82, 2.24) is 0 Å². The Hall–Kier alpha value is 0.300. The standard InChI is InChI=1S/C13H29O4PS/c1-4-6-7-8-9-10-11-12-13-18(3,5-2)17-19(14,15)16/h4-13H2,1-3H3/p+1. The topological polar surface area (TPSA) is 63.6 Å². The Balaban J connectivity index is 3.72. The van der Waals surface area contributed by atoms with Crippen molar-refractivity contribution in [2.24, 2.45) is 0 Å². The van der Waals surface area contributed by atoms with Gasteiger partial charge in [-0.15, -0.1) is 0 Å². The summed E-state index contributed by atoms with van der Waals surface area (Å²) in [5, 5.41) is 0. The minimum Gasteiger partial charge on any atom is -0.261 e. The lowest BCUT2D eigenvalue weighted by Crippen LogP contribution is -2.10. The zero-order valence-corrected chi connectivity index (χ0v) is 14.3. The van der Waals surface area contributed by atoms with Crippen LogP contribution in [0.2, 0.25) is 0 Å². The van der Waals surface area contributed by atoms with Crippen molar-refractivity contribution in [1.29, 1.82) is 0 Å². The summed E-state index contributed by atoms with van der Waals surface area (Å²) in [7, 11) is -6.28. The molecule has 0 heterocycles. The summed E-state index contributed by atoms with van der Waals surface area (Å²) in [6, 6.07) is 0. The first-order chi connectivity index (χ1) is 8.83. The fourth-order valence-corrected chi connectivity index (χ4v) is 5.80. The first-order valence-corrected chi connectivity index (χ1v) is 11.2. The predicted molar refractivity (Wildman–Crippen MR) is 83.5 cm³/mol. The molecule has 1 N–H and O–H groups in total. The molecule has 0 radical (unpaired) electrons. The van der Waals surface area contributed by atoms with Crippen LogP contribution < -0.4 is 0 Å². The van der Waals surface area contributed by atoms with E-state index in [0.717, 1.165) is 19.0 Å². The summed E-state index contributed by atoms with van der Waals surface area (Å²) in [4.78, 5) is 0. The third-order valence-electron chi connectivity index (χ3n) is 3.43. The van der Waals surface area contributed by atoms with Gasteiger partial charge < -0.3 is 0 Å². The molecule has 19 heavy (non-hydrogen) atoms. The zero-order chi connectivity index (χ0) is 14.8. The lowest BCUT2D eigenvalue weighted by molar-refractivity contribution is 0.396. The van der Waals surface area contributed by atoms with Crippen LogP contribution in [-0.4, -0.2) is 32.0 Å². The van der Waals surface area contributed by atoms with E-state index in [1.165, 1.54) is 38.5 Å². The molecule has 0 aromatic rings. The van der Waals surface area contributed by atoms with Crippen molar-refractivity contribution in [3.8, 4) is 0 Å². The lowest BCUT2D eigenvalue weighted by Gasteiger charge is -2.17. The second-order valence-corrected chi connectivity index (χ2v) is 10.4. The maximum absolute atomic E-state index is 10.8. The summed E-state index contributed by atoms with van der Waals surface area (Å²) < 4.78 is 35.3. The van der Waals surface area contributed by atoms with Gasteiger partial charge in [0, 0.05) is 0 Å². The lowest BCUT2D eigenvalue weighted by atomic mass is 10.1. The second kappa shape index (κ2) is 10.1. The van der Waals surface area contributed by atoms with Gasteiger partial charge in [-0.2, -0.15) is 8.42 Å². The van der Waals surface area contributed by atoms with Crippen LogP contribution in [0.25, 0.3) is 0 Å². The highest BCUT2D eigenvalue weighted by atomic mass is 32.3. The quantitative estimate of drug-likeness (QED) is 0.327. The number of rotatable bonds is 12. The van der Waals surface area contributed by atoms with Crippen LogP contribution >= 0.6 is 7.49 Å². The highest BCUT2D eigenvalue weighted by Crippen LogP contribution is 2.57. The normalized spacial score (nSPS) is 15.4. The minimum absolute atomic E-state index is 0.684. The molecule has 0 saturated heterocycles. The first-order valence-electron chi connectivity index (χ1n) is 7.36. The van der Waals surface area contributed by atoms with E-state index in [1.807, 2.05) is 13.6 Å². The maximum atomic E-state index is 10.8. The molecule has 0 amide bonds. The third-order valence-corrected chi connectivity index (χ3v) is 8.22. The summed E-state index contributed by atoms with van der Waals surface area (Å²) in [6.45, 7) is 5.98. The molecule has 4 nitrogen and oxygen atoms in total. The van der Waals surface area contributed by atoms with Crippen LogP contribution in [-0.2, 0) is 14.4 Å². The minimum atomic E-state index is -4.30. The molecular formula is C13H30O4PS+. The van der Waals surface area contributed by atoms with Gasteiger partial charge in [0.2, 0.25) is 0 Å². The van der Waals surface area contributed by atoms with Crippen LogP contribution in [0.3, 0.4) is 0 Å².